The van der Waals surface area contributed by atoms with Gasteiger partial charge in [-0.15, -0.1) is 0 Å². The molecule has 0 atom stereocenters. The molecule has 6 heteroatoms. The Morgan fingerprint density at radius 2 is 1.95 bits per heavy atom. The molecule has 0 aliphatic heterocycles. The quantitative estimate of drug-likeness (QED) is 0.711. The van der Waals surface area contributed by atoms with Crippen LogP contribution >= 0.6 is 0 Å². The van der Waals surface area contributed by atoms with E-state index in [4.69, 9.17) is 4.74 Å². The molecule has 0 unspecified atom stereocenters. The third kappa shape index (κ3) is 4.49. The third-order valence-electron chi connectivity index (χ3n) is 2.84. The summed E-state index contributed by atoms with van der Waals surface area (Å²) in [4.78, 5) is 0.315. The Balaban J connectivity index is 1.90. The van der Waals surface area contributed by atoms with Gasteiger partial charge in [-0.2, -0.15) is 0 Å². The van der Waals surface area contributed by atoms with E-state index in [-0.39, 0.29) is 6.04 Å². The summed E-state index contributed by atoms with van der Waals surface area (Å²) in [6.45, 7) is 4.00. The molecule has 0 bridgehead atoms. The van der Waals surface area contributed by atoms with Crippen LogP contribution in [0.3, 0.4) is 0 Å². The van der Waals surface area contributed by atoms with E-state index in [0.29, 0.717) is 24.7 Å². The Morgan fingerprint density at radius 1 is 1.26 bits per heavy atom. The van der Waals surface area contributed by atoms with Crippen molar-refractivity contribution >= 4 is 15.7 Å². The minimum Gasteiger partial charge on any atom is -0.383 e. The van der Waals surface area contributed by atoms with Crippen LogP contribution in [-0.4, -0.2) is 34.2 Å². The van der Waals surface area contributed by atoms with Crippen LogP contribution in [0.2, 0.25) is 0 Å². The highest BCUT2D eigenvalue weighted by Gasteiger charge is 2.27. The summed E-state index contributed by atoms with van der Waals surface area (Å²) in [6.07, 6.45) is 1.88. The van der Waals surface area contributed by atoms with Crippen LogP contribution < -0.4 is 10.0 Å². The molecule has 1 saturated carbocycles. The van der Waals surface area contributed by atoms with Crippen LogP contribution in [0.4, 0.5) is 5.69 Å². The monoisotopic (exact) mass is 284 g/mol. The molecule has 1 fully saturated rings. The van der Waals surface area contributed by atoms with Gasteiger partial charge in [0, 0.05) is 24.9 Å². The molecule has 19 heavy (non-hydrogen) atoms. The lowest BCUT2D eigenvalue weighted by Crippen LogP contribution is -2.25. The number of hydrogen-bond donors (Lipinski definition) is 2. The van der Waals surface area contributed by atoms with Gasteiger partial charge >= 0.3 is 0 Å². The van der Waals surface area contributed by atoms with Crippen LogP contribution in [0.25, 0.3) is 0 Å². The van der Waals surface area contributed by atoms with Crippen LogP contribution in [0, 0.1) is 0 Å². The number of ether oxygens (including phenoxy) is 1. The predicted molar refractivity (Wildman–Crippen MR) is 74.8 cm³/mol. The second-order valence-corrected chi connectivity index (χ2v) is 6.26. The van der Waals surface area contributed by atoms with Crippen molar-refractivity contribution < 1.29 is 13.2 Å². The summed E-state index contributed by atoms with van der Waals surface area (Å²) in [6, 6.07) is 6.91. The zero-order chi connectivity index (χ0) is 13.7. The third-order valence-corrected chi connectivity index (χ3v) is 4.38. The summed E-state index contributed by atoms with van der Waals surface area (Å²) < 4.78 is 31.8. The minimum atomic E-state index is -3.35. The van der Waals surface area contributed by atoms with Gasteiger partial charge in [-0.3, -0.25) is 0 Å². The van der Waals surface area contributed by atoms with E-state index in [1.165, 1.54) is 0 Å². The molecule has 0 heterocycles. The molecule has 106 valence electrons. The lowest BCUT2D eigenvalue weighted by atomic mass is 10.3. The number of sulfonamides is 1. The number of rotatable bonds is 8. The van der Waals surface area contributed by atoms with Crippen molar-refractivity contribution in [2.75, 3.05) is 25.1 Å². The average molecular weight is 284 g/mol. The van der Waals surface area contributed by atoms with Gasteiger partial charge in [-0.25, -0.2) is 13.1 Å². The van der Waals surface area contributed by atoms with Gasteiger partial charge in [-0.05, 0) is 44.0 Å². The first-order chi connectivity index (χ1) is 9.12. The highest BCUT2D eigenvalue weighted by molar-refractivity contribution is 7.89. The zero-order valence-corrected chi connectivity index (χ0v) is 11.9. The summed E-state index contributed by atoms with van der Waals surface area (Å²) in [5, 5.41) is 3.17. The predicted octanol–water partition coefficient (Wildman–Crippen LogP) is 1.58. The molecule has 1 aromatic carbocycles. The van der Waals surface area contributed by atoms with Crippen molar-refractivity contribution in [1.82, 2.24) is 4.72 Å². The fraction of sp³-hybridized carbons (Fsp3) is 0.538. The minimum absolute atomic E-state index is 0.133. The van der Waals surface area contributed by atoms with Crippen molar-refractivity contribution in [3.8, 4) is 0 Å². The Bertz CT molecular complexity index is 495. The maximum Gasteiger partial charge on any atom is 0.240 e. The first-order valence-electron chi connectivity index (χ1n) is 6.56. The maximum absolute atomic E-state index is 11.9. The molecule has 0 radical (unpaired) electrons. The molecule has 0 saturated heterocycles. The van der Waals surface area contributed by atoms with Gasteiger partial charge in [0.2, 0.25) is 10.0 Å². The lowest BCUT2D eigenvalue weighted by molar-refractivity contribution is 0.158. The van der Waals surface area contributed by atoms with E-state index in [9.17, 15) is 8.42 Å². The van der Waals surface area contributed by atoms with E-state index >= 15 is 0 Å². The second-order valence-electron chi connectivity index (χ2n) is 4.54. The Hall–Kier alpha value is -1.11. The highest BCUT2D eigenvalue weighted by Crippen LogP contribution is 2.22. The molecule has 1 aromatic rings. The Labute approximate surface area is 114 Å². The summed E-state index contributed by atoms with van der Waals surface area (Å²) in [5.41, 5.74) is 0.894. The van der Waals surface area contributed by atoms with Gasteiger partial charge < -0.3 is 10.1 Å². The first-order valence-corrected chi connectivity index (χ1v) is 8.04. The second kappa shape index (κ2) is 6.36. The molecule has 2 rings (SSSR count). The van der Waals surface area contributed by atoms with Crippen molar-refractivity contribution in [2.24, 2.45) is 0 Å². The Kier molecular flexibility index (Phi) is 4.79. The number of nitrogens with one attached hydrogen (secondary N) is 2. The van der Waals surface area contributed by atoms with E-state index in [1.807, 2.05) is 6.92 Å². The van der Waals surface area contributed by atoms with Crippen molar-refractivity contribution in [1.29, 1.82) is 0 Å². The molecule has 1 aliphatic carbocycles. The number of hydrogen-bond acceptors (Lipinski definition) is 4. The van der Waals surface area contributed by atoms with Gasteiger partial charge in [0.1, 0.15) is 0 Å². The molecule has 5 nitrogen and oxygen atoms in total. The standard InChI is InChI=1S/C13H20N2O3S/c1-2-18-10-9-14-11-5-7-13(8-6-11)19(16,17)15-12-3-4-12/h5-8,12,14-15H,2-4,9-10H2,1H3. The fourth-order valence-electron chi connectivity index (χ4n) is 1.65. The van der Waals surface area contributed by atoms with Crippen LogP contribution in [-0.2, 0) is 14.8 Å². The molecule has 1 aliphatic rings. The zero-order valence-electron chi connectivity index (χ0n) is 11.1. The van der Waals surface area contributed by atoms with Gasteiger partial charge in [-0.1, -0.05) is 0 Å². The summed E-state index contributed by atoms with van der Waals surface area (Å²) >= 11 is 0. The smallest absolute Gasteiger partial charge is 0.240 e. The van der Waals surface area contributed by atoms with Gasteiger partial charge in [0.05, 0.1) is 11.5 Å². The summed E-state index contributed by atoms with van der Waals surface area (Å²) in [7, 11) is -3.35. The number of anilines is 1. The van der Waals surface area contributed by atoms with Crippen LogP contribution in [0.15, 0.2) is 29.2 Å². The van der Waals surface area contributed by atoms with Gasteiger partial charge in [0.15, 0.2) is 0 Å². The molecular formula is C13H20N2O3S. The molecule has 0 amide bonds. The number of benzene rings is 1. The average Bonchev–Trinajstić information content (AvgIpc) is 3.18. The maximum atomic E-state index is 11.9. The van der Waals surface area contributed by atoms with Crippen LogP contribution in [0.1, 0.15) is 19.8 Å². The normalized spacial score (nSPS) is 15.4. The van der Waals surface area contributed by atoms with Gasteiger partial charge in [0.25, 0.3) is 0 Å². The largest absolute Gasteiger partial charge is 0.383 e. The van der Waals surface area contributed by atoms with Crippen molar-refractivity contribution in [3.05, 3.63) is 24.3 Å². The van der Waals surface area contributed by atoms with Crippen molar-refractivity contribution in [2.45, 2.75) is 30.7 Å². The summed E-state index contributed by atoms with van der Waals surface area (Å²) in [5.74, 6) is 0. The van der Waals surface area contributed by atoms with Crippen LogP contribution in [0.5, 0.6) is 0 Å². The highest BCUT2D eigenvalue weighted by atomic mass is 32.2. The molecule has 0 spiro atoms. The topological polar surface area (TPSA) is 67.4 Å². The molecule has 2 N–H and O–H groups in total. The SMILES string of the molecule is CCOCCNc1ccc(S(=O)(=O)NC2CC2)cc1. The Morgan fingerprint density at radius 3 is 2.53 bits per heavy atom. The molecular weight excluding hydrogens is 264 g/mol. The lowest BCUT2D eigenvalue weighted by Gasteiger charge is -2.08. The first kappa shape index (κ1) is 14.3. The van der Waals surface area contributed by atoms with E-state index in [1.54, 1.807) is 24.3 Å². The van der Waals surface area contributed by atoms with E-state index in [0.717, 1.165) is 18.5 Å². The van der Waals surface area contributed by atoms with Crippen molar-refractivity contribution in [3.63, 3.8) is 0 Å². The van der Waals surface area contributed by atoms with E-state index < -0.39 is 10.0 Å². The fourth-order valence-corrected chi connectivity index (χ4v) is 2.96. The van der Waals surface area contributed by atoms with E-state index in [2.05, 4.69) is 10.0 Å². The molecule has 0 aromatic heterocycles.